The van der Waals surface area contributed by atoms with E-state index >= 15 is 0 Å². The number of benzene rings is 1. The monoisotopic (exact) mass is 203 g/mol. The van der Waals surface area contributed by atoms with Gasteiger partial charge in [-0.05, 0) is 30.7 Å². The van der Waals surface area contributed by atoms with Gasteiger partial charge < -0.3 is 10.5 Å². The van der Waals surface area contributed by atoms with Crippen LogP contribution in [0.3, 0.4) is 0 Å². The fourth-order valence-corrected chi connectivity index (χ4v) is 1.10. The van der Waals surface area contributed by atoms with E-state index in [1.165, 1.54) is 12.7 Å². The lowest BCUT2D eigenvalue weighted by Gasteiger charge is -1.97. The van der Waals surface area contributed by atoms with Crippen LogP contribution in [-0.4, -0.2) is 19.6 Å². The molecule has 0 atom stereocenters. The number of methoxy groups -OCH3 is 1. The minimum absolute atomic E-state index is 0.527. The average molecular weight is 203 g/mol. The van der Waals surface area contributed by atoms with Crippen molar-refractivity contribution in [3.05, 3.63) is 35.4 Å². The molecule has 0 amide bonds. The molecule has 2 N–H and O–H groups in total. The Kier molecular flexibility index (Phi) is 4.39. The molecule has 1 aromatic carbocycles. The Bertz CT molecular complexity index is 384. The normalized spacial score (nSPS) is 8.93. The fourth-order valence-electron chi connectivity index (χ4n) is 1.10. The maximum absolute atomic E-state index is 10.7. The smallest absolute Gasteiger partial charge is 0.384 e. The first-order valence-corrected chi connectivity index (χ1v) is 4.65. The highest BCUT2D eigenvalue weighted by Crippen LogP contribution is 2.03. The first-order chi connectivity index (χ1) is 7.26. The number of hydrogen-bond acceptors (Lipinski definition) is 3. The Balaban J connectivity index is 2.70. The van der Waals surface area contributed by atoms with Crippen molar-refractivity contribution in [2.24, 2.45) is 5.73 Å². The molecule has 0 spiro atoms. The second-order valence-corrected chi connectivity index (χ2v) is 2.98. The molecule has 0 bridgehead atoms. The van der Waals surface area contributed by atoms with Gasteiger partial charge >= 0.3 is 5.97 Å². The quantitative estimate of drug-likeness (QED) is 0.569. The summed E-state index contributed by atoms with van der Waals surface area (Å²) in [5.74, 6) is 4.55. The third-order valence-corrected chi connectivity index (χ3v) is 1.88. The number of rotatable bonds is 2. The van der Waals surface area contributed by atoms with Crippen LogP contribution >= 0.6 is 0 Å². The molecule has 0 saturated carbocycles. The summed E-state index contributed by atoms with van der Waals surface area (Å²) >= 11 is 0. The van der Waals surface area contributed by atoms with Gasteiger partial charge in [-0.1, -0.05) is 18.1 Å². The second kappa shape index (κ2) is 5.84. The lowest BCUT2D eigenvalue weighted by molar-refractivity contribution is -0.133. The van der Waals surface area contributed by atoms with E-state index in [0.29, 0.717) is 6.54 Å². The van der Waals surface area contributed by atoms with E-state index in [0.717, 1.165) is 12.0 Å². The molecule has 0 heterocycles. The molecule has 1 aromatic rings. The first-order valence-electron chi connectivity index (χ1n) is 4.65. The molecule has 0 aliphatic heterocycles. The Morgan fingerprint density at radius 1 is 1.40 bits per heavy atom. The van der Waals surface area contributed by atoms with Crippen molar-refractivity contribution < 1.29 is 9.53 Å². The molecule has 15 heavy (non-hydrogen) atoms. The summed E-state index contributed by atoms with van der Waals surface area (Å²) in [5, 5.41) is 0. The SMILES string of the molecule is COC(=O)C#Cc1ccc(CCN)cc1. The lowest BCUT2D eigenvalue weighted by Crippen LogP contribution is -2.02. The van der Waals surface area contributed by atoms with Crippen molar-refractivity contribution >= 4 is 5.97 Å². The number of esters is 1. The van der Waals surface area contributed by atoms with Gasteiger partial charge in [0.1, 0.15) is 0 Å². The van der Waals surface area contributed by atoms with Crippen molar-refractivity contribution in [2.45, 2.75) is 6.42 Å². The molecule has 0 aromatic heterocycles. The van der Waals surface area contributed by atoms with Crippen LogP contribution < -0.4 is 5.73 Å². The van der Waals surface area contributed by atoms with Crippen molar-refractivity contribution in [2.75, 3.05) is 13.7 Å². The van der Waals surface area contributed by atoms with Gasteiger partial charge in [0.15, 0.2) is 0 Å². The molecule has 3 nitrogen and oxygen atoms in total. The molecule has 1 rings (SSSR count). The summed E-state index contributed by atoms with van der Waals surface area (Å²) in [5.41, 5.74) is 7.39. The van der Waals surface area contributed by atoms with Crippen LogP contribution in [0.2, 0.25) is 0 Å². The maximum Gasteiger partial charge on any atom is 0.384 e. The highest BCUT2D eigenvalue weighted by molar-refractivity contribution is 5.88. The lowest BCUT2D eigenvalue weighted by atomic mass is 10.1. The second-order valence-electron chi connectivity index (χ2n) is 2.98. The van der Waals surface area contributed by atoms with Gasteiger partial charge in [0, 0.05) is 11.5 Å². The van der Waals surface area contributed by atoms with Crippen molar-refractivity contribution in [1.82, 2.24) is 0 Å². The minimum atomic E-state index is -0.527. The molecule has 0 radical (unpaired) electrons. The molecule has 0 aliphatic carbocycles. The van der Waals surface area contributed by atoms with E-state index < -0.39 is 5.97 Å². The van der Waals surface area contributed by atoms with Crippen LogP contribution in [0.25, 0.3) is 0 Å². The van der Waals surface area contributed by atoms with Gasteiger partial charge in [-0.2, -0.15) is 0 Å². The molecule has 3 heteroatoms. The third kappa shape index (κ3) is 3.84. The highest BCUT2D eigenvalue weighted by Gasteiger charge is 1.92. The topological polar surface area (TPSA) is 52.3 Å². The zero-order chi connectivity index (χ0) is 11.1. The van der Waals surface area contributed by atoms with Gasteiger partial charge in [0.25, 0.3) is 0 Å². The van der Waals surface area contributed by atoms with Gasteiger partial charge in [-0.15, -0.1) is 0 Å². The van der Waals surface area contributed by atoms with Crippen molar-refractivity contribution in [3.8, 4) is 11.8 Å². The third-order valence-electron chi connectivity index (χ3n) is 1.88. The maximum atomic E-state index is 10.7. The highest BCUT2D eigenvalue weighted by atomic mass is 16.5. The molecular formula is C12H13NO2. The predicted octanol–water partition coefficient (Wildman–Crippen LogP) is 0.712. The standard InChI is InChI=1S/C12H13NO2/c1-15-12(14)7-6-10-2-4-11(5-3-10)8-9-13/h2-5H,8-9,13H2,1H3. The molecule has 0 fully saturated rings. The molecule has 0 aliphatic rings. The first kappa shape index (κ1) is 11.3. The number of ether oxygens (including phenoxy) is 1. The van der Waals surface area contributed by atoms with Crippen molar-refractivity contribution in [1.29, 1.82) is 0 Å². The fraction of sp³-hybridized carbons (Fsp3) is 0.250. The Morgan fingerprint density at radius 3 is 2.60 bits per heavy atom. The zero-order valence-corrected chi connectivity index (χ0v) is 8.62. The van der Waals surface area contributed by atoms with Crippen LogP contribution in [0.5, 0.6) is 0 Å². The molecular weight excluding hydrogens is 190 g/mol. The van der Waals surface area contributed by atoms with E-state index in [9.17, 15) is 4.79 Å². The van der Waals surface area contributed by atoms with Gasteiger partial charge in [-0.3, -0.25) is 0 Å². The number of carbonyl (C=O) groups is 1. The zero-order valence-electron chi connectivity index (χ0n) is 8.62. The van der Waals surface area contributed by atoms with E-state index in [4.69, 9.17) is 5.73 Å². The van der Waals surface area contributed by atoms with E-state index in [1.54, 1.807) is 0 Å². The summed E-state index contributed by atoms with van der Waals surface area (Å²) in [7, 11) is 1.31. The van der Waals surface area contributed by atoms with E-state index in [2.05, 4.69) is 16.6 Å². The number of nitrogens with two attached hydrogens (primary N) is 1. The Hall–Kier alpha value is -1.79. The van der Waals surface area contributed by atoms with E-state index in [-0.39, 0.29) is 0 Å². The summed E-state index contributed by atoms with van der Waals surface area (Å²) in [6.45, 7) is 0.632. The average Bonchev–Trinajstić information content (AvgIpc) is 2.28. The molecule has 0 unspecified atom stereocenters. The minimum Gasteiger partial charge on any atom is -0.459 e. The molecule has 0 saturated heterocycles. The Morgan fingerprint density at radius 2 is 2.07 bits per heavy atom. The summed E-state index contributed by atoms with van der Waals surface area (Å²) in [6, 6.07) is 7.63. The molecule has 78 valence electrons. The summed E-state index contributed by atoms with van der Waals surface area (Å²) in [6.07, 6.45) is 0.852. The van der Waals surface area contributed by atoms with Crippen molar-refractivity contribution in [3.63, 3.8) is 0 Å². The van der Waals surface area contributed by atoms with Crippen LogP contribution in [0.1, 0.15) is 11.1 Å². The van der Waals surface area contributed by atoms with Crippen LogP contribution in [-0.2, 0) is 16.0 Å². The van der Waals surface area contributed by atoms with Gasteiger partial charge in [-0.25, -0.2) is 4.79 Å². The van der Waals surface area contributed by atoms with E-state index in [1.807, 2.05) is 24.3 Å². The largest absolute Gasteiger partial charge is 0.459 e. The summed E-state index contributed by atoms with van der Waals surface area (Å²) < 4.78 is 4.41. The van der Waals surface area contributed by atoms with Crippen LogP contribution in [0.4, 0.5) is 0 Å². The summed E-state index contributed by atoms with van der Waals surface area (Å²) in [4.78, 5) is 10.7. The number of hydrogen-bond donors (Lipinski definition) is 1. The van der Waals surface area contributed by atoms with Gasteiger partial charge in [0.05, 0.1) is 7.11 Å². The van der Waals surface area contributed by atoms with Gasteiger partial charge in [0.2, 0.25) is 0 Å². The Labute approximate surface area is 89.2 Å². The van der Waals surface area contributed by atoms with Crippen LogP contribution in [0, 0.1) is 11.8 Å². The van der Waals surface area contributed by atoms with Crippen LogP contribution in [0.15, 0.2) is 24.3 Å². The number of carbonyl (C=O) groups excluding carboxylic acids is 1. The predicted molar refractivity (Wildman–Crippen MR) is 58.1 cm³/mol.